The van der Waals surface area contributed by atoms with Crippen molar-refractivity contribution in [3.63, 3.8) is 0 Å². The highest BCUT2D eigenvalue weighted by Gasteiger charge is 2.52. The van der Waals surface area contributed by atoms with E-state index >= 15 is 0 Å². The zero-order chi connectivity index (χ0) is 22.8. The van der Waals surface area contributed by atoms with E-state index < -0.39 is 6.04 Å². The quantitative estimate of drug-likeness (QED) is 0.605. The highest BCUT2D eigenvalue weighted by Crippen LogP contribution is 2.20. The minimum atomic E-state index is -0.490. The van der Waals surface area contributed by atoms with E-state index in [1.165, 1.54) is 15.4 Å². The van der Waals surface area contributed by atoms with E-state index in [2.05, 4.69) is 58.6 Å². The van der Waals surface area contributed by atoms with Crippen molar-refractivity contribution in [1.82, 2.24) is 19.6 Å². The van der Waals surface area contributed by atoms with E-state index in [-0.39, 0.29) is 11.9 Å². The van der Waals surface area contributed by atoms with Crippen LogP contribution in [0.15, 0.2) is 35.3 Å². The standard InChI is InChI=1S/C24H35N6O2/c1-18(2)10-11-30-20(25-22-21(30)23(31)27(4)24(32)26(22)3)17-29-14-12-28(13-15-29)16-19-8-6-5-7-9-19/h5-9,18,21H,10-17H2,1-4H3/q+1. The average Bonchev–Trinajstić information content (AvgIpc) is 3.15. The van der Waals surface area contributed by atoms with Gasteiger partial charge < -0.3 is 0 Å². The molecule has 0 bridgehead atoms. The summed E-state index contributed by atoms with van der Waals surface area (Å²) in [6.07, 6.45) is 0.975. The largest absolute Gasteiger partial charge is 0.333 e. The lowest BCUT2D eigenvalue weighted by atomic mass is 10.1. The lowest BCUT2D eigenvalue weighted by Crippen LogP contribution is -2.61. The Kier molecular flexibility index (Phi) is 6.71. The Hall–Kier alpha value is -2.58. The van der Waals surface area contributed by atoms with Crippen LogP contribution >= 0.6 is 0 Å². The molecule has 0 spiro atoms. The minimum Gasteiger partial charge on any atom is -0.297 e. The molecule has 0 radical (unpaired) electrons. The lowest BCUT2D eigenvalue weighted by molar-refractivity contribution is -0.537. The second-order valence-corrected chi connectivity index (χ2v) is 9.44. The molecule has 8 nitrogen and oxygen atoms in total. The Labute approximate surface area is 190 Å². The Morgan fingerprint density at radius 1 is 0.969 bits per heavy atom. The molecule has 0 aromatic heterocycles. The summed E-state index contributed by atoms with van der Waals surface area (Å²) < 4.78 is 2.13. The summed E-state index contributed by atoms with van der Waals surface area (Å²) in [6.45, 7) is 10.8. The van der Waals surface area contributed by atoms with E-state index in [1.807, 2.05) is 0 Å². The van der Waals surface area contributed by atoms with Crippen LogP contribution in [-0.2, 0) is 11.3 Å². The van der Waals surface area contributed by atoms with Crippen molar-refractivity contribution in [2.24, 2.45) is 10.9 Å². The molecular weight excluding hydrogens is 404 g/mol. The summed E-state index contributed by atoms with van der Waals surface area (Å²) in [5.41, 5.74) is 1.34. The first-order chi connectivity index (χ1) is 15.3. The first-order valence-electron chi connectivity index (χ1n) is 11.6. The summed E-state index contributed by atoms with van der Waals surface area (Å²) in [6, 6.07) is 9.78. The Balaban J connectivity index is 1.46. The molecule has 4 rings (SSSR count). The Morgan fingerprint density at radius 3 is 2.22 bits per heavy atom. The number of hydrogen-bond acceptors (Lipinski definition) is 5. The number of urea groups is 1. The number of hydrogen-bond donors (Lipinski definition) is 0. The fourth-order valence-corrected chi connectivity index (χ4v) is 4.58. The predicted molar refractivity (Wildman–Crippen MR) is 125 cm³/mol. The van der Waals surface area contributed by atoms with Crippen LogP contribution in [0.4, 0.5) is 4.79 Å². The van der Waals surface area contributed by atoms with Gasteiger partial charge in [-0.2, -0.15) is 0 Å². The lowest BCUT2D eigenvalue weighted by Gasteiger charge is -2.34. The van der Waals surface area contributed by atoms with Gasteiger partial charge in [0, 0.05) is 46.8 Å². The van der Waals surface area contributed by atoms with E-state index in [4.69, 9.17) is 4.99 Å². The van der Waals surface area contributed by atoms with Crippen molar-refractivity contribution in [2.75, 3.05) is 53.4 Å². The predicted octanol–water partition coefficient (Wildman–Crippen LogP) is 1.57. The van der Waals surface area contributed by atoms with Crippen LogP contribution in [0.1, 0.15) is 25.8 Å². The van der Waals surface area contributed by atoms with Crippen molar-refractivity contribution in [1.29, 1.82) is 0 Å². The molecule has 3 amide bonds. The van der Waals surface area contributed by atoms with E-state index in [9.17, 15) is 9.59 Å². The van der Waals surface area contributed by atoms with Crippen LogP contribution in [-0.4, -0.2) is 107 Å². The van der Waals surface area contributed by atoms with Gasteiger partial charge in [-0.05, 0) is 22.9 Å². The number of amidine groups is 2. The minimum absolute atomic E-state index is 0.182. The van der Waals surface area contributed by atoms with Crippen LogP contribution in [0.5, 0.6) is 0 Å². The molecule has 0 aliphatic carbocycles. The van der Waals surface area contributed by atoms with Gasteiger partial charge in [-0.25, -0.2) is 9.37 Å². The second-order valence-electron chi connectivity index (χ2n) is 9.44. The van der Waals surface area contributed by atoms with Gasteiger partial charge in [-0.3, -0.25) is 24.4 Å². The van der Waals surface area contributed by atoms with Gasteiger partial charge >= 0.3 is 11.9 Å². The van der Waals surface area contributed by atoms with Gasteiger partial charge in [0.15, 0.2) is 0 Å². The van der Waals surface area contributed by atoms with Crippen LogP contribution in [0, 0.1) is 5.92 Å². The molecule has 1 aromatic carbocycles. The van der Waals surface area contributed by atoms with Gasteiger partial charge in [0.2, 0.25) is 0 Å². The zero-order valence-corrected chi connectivity index (χ0v) is 19.7. The first-order valence-corrected chi connectivity index (χ1v) is 11.6. The van der Waals surface area contributed by atoms with Crippen molar-refractivity contribution in [3.8, 4) is 0 Å². The van der Waals surface area contributed by atoms with Crippen molar-refractivity contribution in [2.45, 2.75) is 32.9 Å². The maximum atomic E-state index is 13.0. The van der Waals surface area contributed by atoms with Gasteiger partial charge in [-0.1, -0.05) is 44.2 Å². The maximum Gasteiger partial charge on any atom is 0.333 e. The molecule has 1 atom stereocenters. The molecule has 2 fully saturated rings. The molecule has 1 unspecified atom stereocenters. The number of imide groups is 1. The smallest absolute Gasteiger partial charge is 0.297 e. The van der Waals surface area contributed by atoms with Gasteiger partial charge in [0.05, 0.1) is 6.54 Å². The number of fused-ring (bicyclic) bond motifs is 1. The average molecular weight is 440 g/mol. The molecule has 2 saturated heterocycles. The fraction of sp³-hybridized carbons (Fsp3) is 0.583. The SMILES string of the molecule is CC(C)CC[N+]1=C(CN2CCN(Cc3ccccc3)CC2)N=C2C1C(=O)N(C)C(=O)N2C. The number of aliphatic imine (C=N–C) groups is 1. The number of amides is 3. The molecular formula is C24H35N6O2+. The molecule has 8 heteroatoms. The van der Waals surface area contributed by atoms with Gasteiger partial charge in [0.1, 0.15) is 6.54 Å². The second kappa shape index (κ2) is 9.50. The van der Waals surface area contributed by atoms with E-state index in [0.717, 1.165) is 51.5 Å². The highest BCUT2D eigenvalue weighted by molar-refractivity contribution is 6.23. The zero-order valence-electron chi connectivity index (χ0n) is 19.7. The third-order valence-electron chi connectivity index (χ3n) is 6.64. The normalized spacial score (nSPS) is 22.8. The summed E-state index contributed by atoms with van der Waals surface area (Å²) in [5, 5.41) is 0. The number of benzene rings is 1. The Bertz CT molecular complexity index is 918. The third kappa shape index (κ3) is 4.61. The van der Waals surface area contributed by atoms with E-state index in [1.54, 1.807) is 14.1 Å². The molecule has 3 heterocycles. The molecule has 172 valence electrons. The number of likely N-dealkylation sites (N-methyl/N-ethyl adjacent to an activating group) is 2. The van der Waals surface area contributed by atoms with Crippen LogP contribution < -0.4 is 0 Å². The monoisotopic (exact) mass is 439 g/mol. The summed E-state index contributed by atoms with van der Waals surface area (Å²) >= 11 is 0. The first kappa shape index (κ1) is 22.6. The third-order valence-corrected chi connectivity index (χ3v) is 6.64. The summed E-state index contributed by atoms with van der Waals surface area (Å²) in [4.78, 5) is 37.9. The topological polar surface area (TPSA) is 62.5 Å². The van der Waals surface area contributed by atoms with Gasteiger partial charge in [0.25, 0.3) is 17.8 Å². The number of piperazine rings is 1. The van der Waals surface area contributed by atoms with Crippen LogP contribution in [0.25, 0.3) is 0 Å². The summed E-state index contributed by atoms with van der Waals surface area (Å²) in [5.74, 6) is 1.82. The van der Waals surface area contributed by atoms with Crippen molar-refractivity contribution in [3.05, 3.63) is 35.9 Å². The molecule has 32 heavy (non-hydrogen) atoms. The molecule has 3 aliphatic rings. The summed E-state index contributed by atoms with van der Waals surface area (Å²) in [7, 11) is 3.27. The number of carbonyl (C=O) groups is 2. The highest BCUT2D eigenvalue weighted by atomic mass is 16.2. The number of carbonyl (C=O) groups excluding carboxylic acids is 2. The fourth-order valence-electron chi connectivity index (χ4n) is 4.58. The van der Waals surface area contributed by atoms with Crippen molar-refractivity contribution < 1.29 is 14.2 Å². The molecule has 1 aromatic rings. The van der Waals surface area contributed by atoms with Crippen LogP contribution in [0.2, 0.25) is 0 Å². The Morgan fingerprint density at radius 2 is 1.59 bits per heavy atom. The molecule has 0 N–H and O–H groups in total. The van der Waals surface area contributed by atoms with E-state index in [0.29, 0.717) is 18.3 Å². The number of nitrogens with zero attached hydrogens (tertiary/aromatic N) is 6. The molecule has 0 saturated carbocycles. The molecule has 3 aliphatic heterocycles. The maximum absolute atomic E-state index is 13.0. The van der Waals surface area contributed by atoms with Crippen molar-refractivity contribution >= 4 is 23.6 Å². The number of rotatable bonds is 7. The van der Waals surface area contributed by atoms with Crippen LogP contribution in [0.3, 0.4) is 0 Å². The van der Waals surface area contributed by atoms with Gasteiger partial charge in [-0.15, -0.1) is 0 Å².